The van der Waals surface area contributed by atoms with Gasteiger partial charge in [0.25, 0.3) is 0 Å². The number of ketones is 1. The van der Waals surface area contributed by atoms with Crippen LogP contribution in [0.2, 0.25) is 0 Å². The fourth-order valence-electron chi connectivity index (χ4n) is 3.97. The van der Waals surface area contributed by atoms with Gasteiger partial charge in [-0.3, -0.25) is 9.69 Å². The van der Waals surface area contributed by atoms with Gasteiger partial charge in [0.15, 0.2) is 5.78 Å². The second kappa shape index (κ2) is 10.7. The van der Waals surface area contributed by atoms with Crippen LogP contribution in [0.1, 0.15) is 27.0 Å². The number of nitrogen functional groups attached to an aromatic ring is 1. The van der Waals surface area contributed by atoms with Gasteiger partial charge in [0.2, 0.25) is 0 Å². The number of hydrogen-bond acceptors (Lipinski definition) is 6. The van der Waals surface area contributed by atoms with Crippen LogP contribution in [0.4, 0.5) is 21.5 Å². The van der Waals surface area contributed by atoms with Crippen LogP contribution in [-0.4, -0.2) is 50.1 Å². The van der Waals surface area contributed by atoms with E-state index in [-0.39, 0.29) is 11.6 Å². The van der Waals surface area contributed by atoms with E-state index in [1.807, 2.05) is 26.0 Å². The van der Waals surface area contributed by atoms with Gasteiger partial charge in [-0.1, -0.05) is 6.07 Å². The van der Waals surface area contributed by atoms with Gasteiger partial charge in [-0.2, -0.15) is 0 Å². The van der Waals surface area contributed by atoms with Crippen molar-refractivity contribution in [3.8, 4) is 5.75 Å². The van der Waals surface area contributed by atoms with Crippen LogP contribution >= 0.6 is 0 Å². The molecule has 0 spiro atoms. The van der Waals surface area contributed by atoms with Gasteiger partial charge < -0.3 is 20.5 Å². The van der Waals surface area contributed by atoms with Gasteiger partial charge in [0.05, 0.1) is 13.2 Å². The monoisotopic (exact) mass is 463 g/mol. The van der Waals surface area contributed by atoms with E-state index in [0.29, 0.717) is 29.2 Å². The van der Waals surface area contributed by atoms with Gasteiger partial charge in [-0.25, -0.2) is 4.39 Å². The highest BCUT2D eigenvalue weighted by molar-refractivity contribution is 6.13. The molecule has 0 bridgehead atoms. The molecule has 3 aromatic carbocycles. The van der Waals surface area contributed by atoms with Crippen LogP contribution in [0.3, 0.4) is 0 Å². The predicted octanol–water partition coefficient (Wildman–Crippen LogP) is 4.71. The Kier molecular flexibility index (Phi) is 7.45. The molecule has 1 fully saturated rings. The quantitative estimate of drug-likeness (QED) is 0.372. The molecule has 34 heavy (non-hydrogen) atoms. The number of aryl methyl sites for hydroxylation is 2. The van der Waals surface area contributed by atoms with E-state index in [1.54, 1.807) is 30.3 Å². The minimum atomic E-state index is -0.286. The Morgan fingerprint density at radius 2 is 1.82 bits per heavy atom. The van der Waals surface area contributed by atoms with E-state index in [0.717, 1.165) is 55.3 Å². The standard InChI is InChI=1S/C27H30FN3O3/c1-18-3-6-22(34-14-11-31-9-12-33-13-10-31)17-24(18)27(32)23-7-5-21(16-25(23)29)30-26-8-4-20(28)15-19(26)2/h3-8,15-17,30H,9-14,29H2,1-2H3. The summed E-state index contributed by atoms with van der Waals surface area (Å²) >= 11 is 0. The molecule has 7 heteroatoms. The van der Waals surface area contributed by atoms with Crippen molar-refractivity contribution in [2.24, 2.45) is 0 Å². The number of nitrogens with zero attached hydrogens (tertiary/aromatic N) is 1. The van der Waals surface area contributed by atoms with Gasteiger partial charge in [-0.15, -0.1) is 0 Å². The molecule has 4 rings (SSSR count). The molecule has 1 aliphatic rings. The highest BCUT2D eigenvalue weighted by Crippen LogP contribution is 2.27. The molecule has 0 saturated carbocycles. The molecule has 3 N–H and O–H groups in total. The smallest absolute Gasteiger partial charge is 0.195 e. The van der Waals surface area contributed by atoms with Crippen LogP contribution < -0.4 is 15.8 Å². The predicted molar refractivity (Wildman–Crippen MR) is 133 cm³/mol. The number of hydrogen-bond donors (Lipinski definition) is 2. The number of benzene rings is 3. The summed E-state index contributed by atoms with van der Waals surface area (Å²) in [6.07, 6.45) is 0. The number of halogens is 1. The van der Waals surface area contributed by atoms with E-state index in [4.69, 9.17) is 15.2 Å². The third kappa shape index (κ3) is 5.73. The first kappa shape index (κ1) is 23.7. The molecule has 0 amide bonds. The largest absolute Gasteiger partial charge is 0.492 e. The number of rotatable bonds is 8. The van der Waals surface area contributed by atoms with E-state index >= 15 is 0 Å². The third-order valence-corrected chi connectivity index (χ3v) is 6.00. The number of nitrogens with two attached hydrogens (primary N) is 1. The molecule has 6 nitrogen and oxygen atoms in total. The van der Waals surface area contributed by atoms with Crippen molar-refractivity contribution in [3.63, 3.8) is 0 Å². The molecule has 3 aromatic rings. The number of nitrogens with one attached hydrogen (secondary N) is 1. The molecule has 1 heterocycles. The Bertz CT molecular complexity index is 1180. The van der Waals surface area contributed by atoms with Crippen molar-refractivity contribution in [2.75, 3.05) is 50.5 Å². The van der Waals surface area contributed by atoms with Crippen molar-refractivity contribution in [2.45, 2.75) is 13.8 Å². The average Bonchev–Trinajstić information content (AvgIpc) is 2.82. The molecule has 1 saturated heterocycles. The molecule has 178 valence electrons. The number of ether oxygens (including phenoxy) is 2. The van der Waals surface area contributed by atoms with Crippen LogP contribution in [0.5, 0.6) is 5.75 Å². The minimum Gasteiger partial charge on any atom is -0.492 e. The maximum absolute atomic E-state index is 13.4. The lowest BCUT2D eigenvalue weighted by molar-refractivity contribution is 0.0322. The minimum absolute atomic E-state index is 0.154. The second-order valence-electron chi connectivity index (χ2n) is 8.49. The number of carbonyl (C=O) groups excluding carboxylic acids is 1. The second-order valence-corrected chi connectivity index (χ2v) is 8.49. The summed E-state index contributed by atoms with van der Waals surface area (Å²) in [6, 6.07) is 15.3. The van der Waals surface area contributed by atoms with Crippen LogP contribution in [0.25, 0.3) is 0 Å². The van der Waals surface area contributed by atoms with E-state index in [9.17, 15) is 9.18 Å². The molecule has 0 radical (unpaired) electrons. The molecule has 0 aliphatic carbocycles. The first-order chi connectivity index (χ1) is 16.4. The molecular formula is C27H30FN3O3. The summed E-state index contributed by atoms with van der Waals surface area (Å²) in [7, 11) is 0. The zero-order chi connectivity index (χ0) is 24.1. The average molecular weight is 464 g/mol. The zero-order valence-electron chi connectivity index (χ0n) is 19.6. The summed E-state index contributed by atoms with van der Waals surface area (Å²) in [6.45, 7) is 8.40. The fraction of sp³-hybridized carbons (Fsp3) is 0.296. The van der Waals surface area contributed by atoms with Gasteiger partial charge in [-0.05, 0) is 73.5 Å². The highest BCUT2D eigenvalue weighted by atomic mass is 19.1. The number of morpholine rings is 1. The summed E-state index contributed by atoms with van der Waals surface area (Å²) in [4.78, 5) is 15.6. The Morgan fingerprint density at radius 3 is 2.56 bits per heavy atom. The Morgan fingerprint density at radius 1 is 1.03 bits per heavy atom. The summed E-state index contributed by atoms with van der Waals surface area (Å²) in [5.74, 6) is 0.218. The van der Waals surface area contributed by atoms with Crippen LogP contribution in [0, 0.1) is 19.7 Å². The third-order valence-electron chi connectivity index (χ3n) is 6.00. The Balaban J connectivity index is 1.45. The fourth-order valence-corrected chi connectivity index (χ4v) is 3.97. The normalized spacial score (nSPS) is 14.1. The number of carbonyl (C=O) groups is 1. The Labute approximate surface area is 199 Å². The van der Waals surface area contributed by atoms with Crippen molar-refractivity contribution < 1.29 is 18.7 Å². The van der Waals surface area contributed by atoms with Crippen LogP contribution in [0.15, 0.2) is 54.6 Å². The first-order valence-electron chi connectivity index (χ1n) is 11.4. The van der Waals surface area contributed by atoms with Gasteiger partial charge in [0, 0.05) is 47.8 Å². The van der Waals surface area contributed by atoms with E-state index < -0.39 is 0 Å². The summed E-state index contributed by atoms with van der Waals surface area (Å²) in [5.41, 5.74) is 10.7. The molecule has 0 unspecified atom stereocenters. The van der Waals surface area contributed by atoms with Crippen molar-refractivity contribution >= 4 is 22.8 Å². The maximum atomic E-state index is 13.4. The van der Waals surface area contributed by atoms with E-state index in [1.165, 1.54) is 12.1 Å². The SMILES string of the molecule is Cc1cc(F)ccc1Nc1ccc(C(=O)c2cc(OCCN3CCOCC3)ccc2C)c(N)c1. The van der Waals surface area contributed by atoms with Crippen molar-refractivity contribution in [1.29, 1.82) is 0 Å². The first-order valence-corrected chi connectivity index (χ1v) is 11.4. The lowest BCUT2D eigenvalue weighted by Crippen LogP contribution is -2.38. The maximum Gasteiger partial charge on any atom is 0.195 e. The molecule has 0 atom stereocenters. The lowest BCUT2D eigenvalue weighted by Gasteiger charge is -2.26. The van der Waals surface area contributed by atoms with Gasteiger partial charge in [0.1, 0.15) is 18.2 Å². The summed E-state index contributed by atoms with van der Waals surface area (Å²) in [5, 5.41) is 3.23. The Hall–Kier alpha value is -3.42. The molecule has 0 aromatic heterocycles. The number of anilines is 3. The molecule has 1 aliphatic heterocycles. The lowest BCUT2D eigenvalue weighted by atomic mass is 9.97. The van der Waals surface area contributed by atoms with Crippen LogP contribution in [-0.2, 0) is 4.74 Å². The van der Waals surface area contributed by atoms with Crippen molar-refractivity contribution in [3.05, 3.63) is 82.7 Å². The highest BCUT2D eigenvalue weighted by Gasteiger charge is 2.17. The van der Waals surface area contributed by atoms with Gasteiger partial charge >= 0.3 is 0 Å². The zero-order valence-corrected chi connectivity index (χ0v) is 19.6. The topological polar surface area (TPSA) is 76.8 Å². The van der Waals surface area contributed by atoms with Crippen molar-refractivity contribution in [1.82, 2.24) is 4.90 Å². The molecular weight excluding hydrogens is 433 g/mol. The summed E-state index contributed by atoms with van der Waals surface area (Å²) < 4.78 is 24.7. The van der Waals surface area contributed by atoms with E-state index in [2.05, 4.69) is 10.2 Å².